The standard InChI is InChI=1S/C22H24FN9O3/c1-22(4-5-22)28-21(33)35-16-11-34-19(18(16)23)13-7-17(30-29-13)27-20-15-3-6-24-32(15)10-14(26-20)12-8-25-31(2)9-12/h3,6-10,16,18-19H,4-5,11H2,1-2H3,(H,28,33)(H2,26,27,29,30)/t16-,18+,19-/m0/s1. The Morgan fingerprint density at radius 2 is 2.20 bits per heavy atom. The number of rotatable bonds is 6. The summed E-state index contributed by atoms with van der Waals surface area (Å²) in [5, 5.41) is 21.5. The molecule has 0 aromatic carbocycles. The van der Waals surface area contributed by atoms with Gasteiger partial charge in [-0.15, -0.1) is 0 Å². The lowest BCUT2D eigenvalue weighted by Crippen LogP contribution is -2.39. The van der Waals surface area contributed by atoms with Crippen molar-refractivity contribution in [3.8, 4) is 11.3 Å². The van der Waals surface area contributed by atoms with Gasteiger partial charge < -0.3 is 20.1 Å². The van der Waals surface area contributed by atoms with Crippen LogP contribution >= 0.6 is 0 Å². The number of nitrogens with one attached hydrogen (secondary N) is 3. The average molecular weight is 481 g/mol. The van der Waals surface area contributed by atoms with E-state index >= 15 is 4.39 Å². The van der Waals surface area contributed by atoms with Gasteiger partial charge in [-0.1, -0.05) is 0 Å². The summed E-state index contributed by atoms with van der Waals surface area (Å²) in [7, 11) is 1.83. The molecule has 5 heterocycles. The van der Waals surface area contributed by atoms with E-state index in [9.17, 15) is 4.79 Å². The van der Waals surface area contributed by atoms with Crippen molar-refractivity contribution in [2.24, 2.45) is 7.05 Å². The van der Waals surface area contributed by atoms with Crippen molar-refractivity contribution in [1.29, 1.82) is 0 Å². The molecule has 1 saturated carbocycles. The number of carbonyl (C=O) groups is 1. The molecule has 3 N–H and O–H groups in total. The largest absolute Gasteiger partial charge is 0.441 e. The molecule has 0 bridgehead atoms. The van der Waals surface area contributed by atoms with E-state index in [1.807, 2.05) is 32.4 Å². The third kappa shape index (κ3) is 4.18. The topological polar surface area (TPSA) is 136 Å². The van der Waals surface area contributed by atoms with Gasteiger partial charge in [0.1, 0.15) is 11.6 Å². The highest BCUT2D eigenvalue weighted by molar-refractivity contribution is 5.75. The van der Waals surface area contributed by atoms with Gasteiger partial charge in [0.2, 0.25) is 0 Å². The third-order valence-corrected chi connectivity index (χ3v) is 6.29. The Balaban J connectivity index is 1.18. The molecule has 1 aliphatic carbocycles. The molecule has 0 unspecified atom stereocenters. The molecule has 0 spiro atoms. The van der Waals surface area contributed by atoms with Crippen molar-refractivity contribution in [3.63, 3.8) is 0 Å². The SMILES string of the molecule is Cn1cc(-c2cn3nccc3c(Nc3cc([C@@H]4OC[C@H](OC(=O)NC5(C)CC5)[C@H]4F)[nH]n3)n2)cn1. The molecule has 12 nitrogen and oxygen atoms in total. The second-order valence-electron chi connectivity index (χ2n) is 9.20. The van der Waals surface area contributed by atoms with Gasteiger partial charge in [0.05, 0.1) is 36.6 Å². The predicted molar refractivity (Wildman–Crippen MR) is 122 cm³/mol. The van der Waals surface area contributed by atoms with Crippen molar-refractivity contribution in [2.45, 2.75) is 43.7 Å². The molecule has 2 aliphatic rings. The van der Waals surface area contributed by atoms with Crippen LogP contribution in [0.1, 0.15) is 31.6 Å². The van der Waals surface area contributed by atoms with E-state index in [1.54, 1.807) is 27.7 Å². The Hall–Kier alpha value is -4.00. The third-order valence-electron chi connectivity index (χ3n) is 6.29. The minimum absolute atomic E-state index is 0.0388. The van der Waals surface area contributed by atoms with Gasteiger partial charge in [0, 0.05) is 30.4 Å². The number of ether oxygens (including phenoxy) is 2. The lowest BCUT2D eigenvalue weighted by Gasteiger charge is -2.17. The summed E-state index contributed by atoms with van der Waals surface area (Å²) in [6.45, 7) is 1.89. The number of aromatic nitrogens is 7. The molecule has 13 heteroatoms. The number of aromatic amines is 1. The minimum atomic E-state index is -1.53. The van der Waals surface area contributed by atoms with Gasteiger partial charge in [-0.05, 0) is 25.8 Å². The minimum Gasteiger partial charge on any atom is -0.441 e. The molecule has 182 valence electrons. The molecule has 4 aromatic rings. The molecule has 1 amide bonds. The highest BCUT2D eigenvalue weighted by Gasteiger charge is 2.44. The smallest absolute Gasteiger partial charge is 0.408 e. The van der Waals surface area contributed by atoms with Crippen LogP contribution in [0.2, 0.25) is 0 Å². The highest BCUT2D eigenvalue weighted by Crippen LogP contribution is 2.36. The van der Waals surface area contributed by atoms with E-state index < -0.39 is 24.5 Å². The van der Waals surface area contributed by atoms with Crippen LogP contribution in [0.5, 0.6) is 0 Å². The summed E-state index contributed by atoms with van der Waals surface area (Å²) in [6.07, 6.45) is 4.75. The maximum absolute atomic E-state index is 15.1. The van der Waals surface area contributed by atoms with Gasteiger partial charge in [-0.2, -0.15) is 15.3 Å². The molecule has 1 saturated heterocycles. The fourth-order valence-corrected chi connectivity index (χ4v) is 4.04. The van der Waals surface area contributed by atoms with Crippen LogP contribution in [0.4, 0.5) is 20.8 Å². The van der Waals surface area contributed by atoms with Crippen molar-refractivity contribution in [3.05, 3.63) is 42.6 Å². The predicted octanol–water partition coefficient (Wildman–Crippen LogP) is 2.65. The van der Waals surface area contributed by atoms with Crippen LogP contribution in [0.15, 0.2) is 36.9 Å². The number of hydrogen-bond acceptors (Lipinski definition) is 8. The van der Waals surface area contributed by atoms with Gasteiger partial charge in [-0.25, -0.2) is 18.7 Å². The zero-order valence-corrected chi connectivity index (χ0v) is 19.1. The summed E-state index contributed by atoms with van der Waals surface area (Å²) in [4.78, 5) is 16.8. The number of hydrogen-bond donors (Lipinski definition) is 3. The number of carbonyl (C=O) groups excluding carboxylic acids is 1. The fourth-order valence-electron chi connectivity index (χ4n) is 4.04. The summed E-state index contributed by atoms with van der Waals surface area (Å²) >= 11 is 0. The Kier molecular flexibility index (Phi) is 4.95. The molecule has 1 aliphatic heterocycles. The molecular formula is C22H24FN9O3. The normalized spacial score (nSPS) is 22.9. The number of amides is 1. The maximum atomic E-state index is 15.1. The van der Waals surface area contributed by atoms with Crippen molar-refractivity contribution >= 4 is 23.2 Å². The molecule has 0 radical (unpaired) electrons. The van der Waals surface area contributed by atoms with Crippen LogP contribution in [0.25, 0.3) is 16.8 Å². The van der Waals surface area contributed by atoms with Gasteiger partial charge in [-0.3, -0.25) is 9.78 Å². The molecule has 2 fully saturated rings. The Bertz CT molecular complexity index is 1390. The first-order valence-corrected chi connectivity index (χ1v) is 11.3. The number of nitrogens with zero attached hydrogens (tertiary/aromatic N) is 6. The highest BCUT2D eigenvalue weighted by atomic mass is 19.1. The van der Waals surface area contributed by atoms with E-state index in [0.717, 1.165) is 23.9 Å². The zero-order valence-electron chi connectivity index (χ0n) is 19.1. The quantitative estimate of drug-likeness (QED) is 0.382. The van der Waals surface area contributed by atoms with Gasteiger partial charge in [0.15, 0.2) is 23.9 Å². The average Bonchev–Trinajstić information content (AvgIpc) is 3.34. The number of halogens is 1. The maximum Gasteiger partial charge on any atom is 0.408 e. The second-order valence-corrected chi connectivity index (χ2v) is 9.20. The lowest BCUT2D eigenvalue weighted by atomic mass is 10.1. The molecule has 3 atom stereocenters. The zero-order chi connectivity index (χ0) is 24.2. The van der Waals surface area contributed by atoms with Gasteiger partial charge >= 0.3 is 6.09 Å². The van der Waals surface area contributed by atoms with Crippen molar-refractivity contribution < 1.29 is 18.7 Å². The van der Waals surface area contributed by atoms with Gasteiger partial charge in [0.25, 0.3) is 0 Å². The Labute approximate surface area is 198 Å². The lowest BCUT2D eigenvalue weighted by molar-refractivity contribution is 0.0604. The molecule has 6 rings (SSSR count). The van der Waals surface area contributed by atoms with Crippen molar-refractivity contribution in [2.75, 3.05) is 11.9 Å². The van der Waals surface area contributed by atoms with Crippen molar-refractivity contribution in [1.82, 2.24) is 39.9 Å². The molecular weight excluding hydrogens is 457 g/mol. The number of alkyl carbamates (subject to hydrolysis) is 1. The fraction of sp³-hybridized carbons (Fsp3) is 0.409. The summed E-state index contributed by atoms with van der Waals surface area (Å²) in [5.41, 5.74) is 2.43. The van der Waals surface area contributed by atoms with Crippen LogP contribution in [0, 0.1) is 0 Å². The summed E-state index contributed by atoms with van der Waals surface area (Å²) < 4.78 is 29.3. The van der Waals surface area contributed by atoms with Crippen LogP contribution in [-0.4, -0.2) is 65.1 Å². The number of aryl methyl sites for hydroxylation is 1. The first-order valence-electron chi connectivity index (χ1n) is 11.3. The van der Waals surface area contributed by atoms with Crippen LogP contribution < -0.4 is 10.6 Å². The molecule has 35 heavy (non-hydrogen) atoms. The first kappa shape index (κ1) is 21.5. The first-order chi connectivity index (χ1) is 16.9. The van der Waals surface area contributed by atoms with Crippen LogP contribution in [-0.2, 0) is 16.5 Å². The van der Waals surface area contributed by atoms with E-state index in [4.69, 9.17) is 14.5 Å². The van der Waals surface area contributed by atoms with E-state index in [1.165, 1.54) is 0 Å². The summed E-state index contributed by atoms with van der Waals surface area (Å²) in [6, 6.07) is 3.47. The molecule has 4 aromatic heterocycles. The number of alkyl halides is 1. The van der Waals surface area contributed by atoms with E-state index in [-0.39, 0.29) is 12.1 Å². The van der Waals surface area contributed by atoms with E-state index in [2.05, 4.69) is 31.0 Å². The number of fused-ring (bicyclic) bond motifs is 1. The second kappa shape index (κ2) is 8.05. The monoisotopic (exact) mass is 481 g/mol. The number of anilines is 2. The Morgan fingerprint density at radius 3 is 2.97 bits per heavy atom. The summed E-state index contributed by atoms with van der Waals surface area (Å²) in [5.74, 6) is 0.955. The van der Waals surface area contributed by atoms with Crippen LogP contribution in [0.3, 0.4) is 0 Å². The number of H-pyrrole nitrogens is 1. The Morgan fingerprint density at radius 1 is 1.34 bits per heavy atom. The van der Waals surface area contributed by atoms with E-state index in [0.29, 0.717) is 23.0 Å².